The van der Waals surface area contributed by atoms with Gasteiger partial charge in [-0.1, -0.05) is 12.1 Å². The minimum Gasteiger partial charge on any atom is -0.496 e. The standard InChI is InChI=1S/C28H30N4O6/c1-18-23-15-27(38-4)26(37-3)14-20(23)11-12-31(18)17-21-13-19(9-10-25(21)36-2)16-29-30-28(33)22-7-5-6-8-24(22)32(34)35/h5-10,13-16,18H,11-12,17H2,1-4H3,(H,30,33). The molecule has 38 heavy (non-hydrogen) atoms. The Morgan fingerprint density at radius 3 is 2.50 bits per heavy atom. The van der Waals surface area contributed by atoms with Crippen molar-refractivity contribution in [1.29, 1.82) is 0 Å². The zero-order valence-corrected chi connectivity index (χ0v) is 21.8. The smallest absolute Gasteiger partial charge is 0.282 e. The van der Waals surface area contributed by atoms with Crippen LogP contribution in [0.25, 0.3) is 0 Å². The van der Waals surface area contributed by atoms with Crippen LogP contribution in [0, 0.1) is 10.1 Å². The maximum Gasteiger partial charge on any atom is 0.282 e. The lowest BCUT2D eigenvalue weighted by Gasteiger charge is -2.36. The molecule has 0 bridgehead atoms. The van der Waals surface area contributed by atoms with E-state index in [1.165, 1.54) is 35.5 Å². The highest BCUT2D eigenvalue weighted by Gasteiger charge is 2.27. The van der Waals surface area contributed by atoms with E-state index in [9.17, 15) is 14.9 Å². The number of para-hydroxylation sites is 1. The normalized spacial score (nSPS) is 15.1. The number of fused-ring (bicyclic) bond motifs is 1. The molecule has 10 heteroatoms. The number of nitrogens with zero attached hydrogens (tertiary/aromatic N) is 3. The first-order chi connectivity index (χ1) is 18.4. The highest BCUT2D eigenvalue weighted by atomic mass is 16.6. The highest BCUT2D eigenvalue weighted by Crippen LogP contribution is 2.39. The predicted octanol–water partition coefficient (Wildman–Crippen LogP) is 4.50. The quantitative estimate of drug-likeness (QED) is 0.252. The number of amides is 1. The fourth-order valence-electron chi connectivity index (χ4n) is 4.68. The van der Waals surface area contributed by atoms with E-state index in [-0.39, 0.29) is 17.3 Å². The third-order valence-corrected chi connectivity index (χ3v) is 6.71. The Hall–Kier alpha value is -4.44. The summed E-state index contributed by atoms with van der Waals surface area (Å²) in [6.45, 7) is 3.67. The lowest BCUT2D eigenvalue weighted by atomic mass is 9.92. The molecule has 3 aromatic rings. The summed E-state index contributed by atoms with van der Waals surface area (Å²) in [7, 11) is 4.91. The SMILES string of the molecule is COc1ccc(C=NNC(=O)c2ccccc2[N+](=O)[O-])cc1CN1CCc2cc(OC)c(OC)cc2C1C. The molecule has 0 aliphatic carbocycles. The Morgan fingerprint density at radius 1 is 1.08 bits per heavy atom. The lowest BCUT2D eigenvalue weighted by molar-refractivity contribution is -0.385. The summed E-state index contributed by atoms with van der Waals surface area (Å²) in [6, 6.07) is 15.6. The maximum absolute atomic E-state index is 12.4. The van der Waals surface area contributed by atoms with Gasteiger partial charge in [0.15, 0.2) is 11.5 Å². The molecule has 0 aromatic heterocycles. The van der Waals surface area contributed by atoms with Gasteiger partial charge in [0.25, 0.3) is 11.6 Å². The van der Waals surface area contributed by atoms with Crippen LogP contribution >= 0.6 is 0 Å². The summed E-state index contributed by atoms with van der Waals surface area (Å²) in [5.74, 6) is 1.53. The molecule has 0 saturated heterocycles. The van der Waals surface area contributed by atoms with Gasteiger partial charge >= 0.3 is 0 Å². The van der Waals surface area contributed by atoms with Crippen LogP contribution in [0.15, 0.2) is 59.7 Å². The minimum absolute atomic E-state index is 0.0568. The Bertz CT molecular complexity index is 1370. The van der Waals surface area contributed by atoms with Crippen LogP contribution in [0.1, 0.15) is 45.6 Å². The van der Waals surface area contributed by atoms with Gasteiger partial charge in [-0.25, -0.2) is 5.43 Å². The molecular weight excluding hydrogens is 488 g/mol. The number of rotatable bonds is 9. The molecule has 0 fully saturated rings. The van der Waals surface area contributed by atoms with Crippen molar-refractivity contribution in [2.24, 2.45) is 5.10 Å². The van der Waals surface area contributed by atoms with E-state index < -0.39 is 10.8 Å². The molecule has 0 saturated carbocycles. The molecule has 1 aliphatic rings. The molecule has 1 atom stereocenters. The van der Waals surface area contributed by atoms with Crippen molar-refractivity contribution in [2.45, 2.75) is 25.9 Å². The number of nitrogens with one attached hydrogen (secondary N) is 1. The van der Waals surface area contributed by atoms with E-state index in [1.54, 1.807) is 27.4 Å². The molecule has 1 amide bonds. The topological polar surface area (TPSA) is 116 Å². The minimum atomic E-state index is -0.657. The molecule has 10 nitrogen and oxygen atoms in total. The van der Waals surface area contributed by atoms with Crippen LogP contribution in [0.2, 0.25) is 0 Å². The first-order valence-electron chi connectivity index (χ1n) is 12.1. The Labute approximate surface area is 221 Å². The van der Waals surface area contributed by atoms with E-state index in [0.29, 0.717) is 12.3 Å². The number of carbonyl (C=O) groups excluding carboxylic acids is 1. The second-order valence-electron chi connectivity index (χ2n) is 8.85. The molecule has 1 unspecified atom stereocenters. The molecule has 198 valence electrons. The molecule has 1 N–H and O–H groups in total. The van der Waals surface area contributed by atoms with Gasteiger partial charge in [0.2, 0.25) is 0 Å². The average Bonchev–Trinajstić information content (AvgIpc) is 2.94. The maximum atomic E-state index is 12.4. The van der Waals surface area contributed by atoms with Crippen molar-refractivity contribution in [3.05, 3.63) is 92.5 Å². The summed E-state index contributed by atoms with van der Waals surface area (Å²) in [5, 5.41) is 15.2. The third-order valence-electron chi connectivity index (χ3n) is 6.71. The van der Waals surface area contributed by atoms with Crippen LogP contribution in [0.4, 0.5) is 5.69 Å². The first kappa shape index (κ1) is 26.6. The Balaban J connectivity index is 1.50. The summed E-state index contributed by atoms with van der Waals surface area (Å²) < 4.78 is 16.6. The van der Waals surface area contributed by atoms with Crippen LogP contribution in [-0.2, 0) is 13.0 Å². The van der Waals surface area contributed by atoms with Gasteiger partial charge in [0, 0.05) is 30.8 Å². The summed E-state index contributed by atoms with van der Waals surface area (Å²) in [6.07, 6.45) is 2.38. The molecule has 1 aliphatic heterocycles. The molecule has 3 aromatic carbocycles. The van der Waals surface area contributed by atoms with Crippen molar-refractivity contribution in [3.8, 4) is 17.2 Å². The monoisotopic (exact) mass is 518 g/mol. The van der Waals surface area contributed by atoms with Gasteiger partial charge in [-0.05, 0) is 66.4 Å². The van der Waals surface area contributed by atoms with Crippen molar-refractivity contribution in [3.63, 3.8) is 0 Å². The number of ether oxygens (including phenoxy) is 3. The van der Waals surface area contributed by atoms with E-state index in [1.807, 2.05) is 24.3 Å². The first-order valence-corrected chi connectivity index (χ1v) is 12.1. The van der Waals surface area contributed by atoms with Gasteiger partial charge in [-0.15, -0.1) is 0 Å². The zero-order valence-electron chi connectivity index (χ0n) is 21.8. The van der Waals surface area contributed by atoms with E-state index in [0.717, 1.165) is 35.6 Å². The molecular formula is C28H30N4O6. The average molecular weight is 519 g/mol. The number of methoxy groups -OCH3 is 3. The van der Waals surface area contributed by atoms with Crippen molar-refractivity contribution in [2.75, 3.05) is 27.9 Å². The molecule has 1 heterocycles. The number of hydrogen-bond donors (Lipinski definition) is 1. The van der Waals surface area contributed by atoms with Gasteiger partial charge in [0.1, 0.15) is 11.3 Å². The summed E-state index contributed by atoms with van der Waals surface area (Å²) in [4.78, 5) is 25.4. The van der Waals surface area contributed by atoms with Crippen molar-refractivity contribution < 1.29 is 23.9 Å². The van der Waals surface area contributed by atoms with Crippen molar-refractivity contribution >= 4 is 17.8 Å². The fourth-order valence-corrected chi connectivity index (χ4v) is 4.68. The van der Waals surface area contributed by atoms with Gasteiger partial charge < -0.3 is 14.2 Å². The highest BCUT2D eigenvalue weighted by molar-refractivity contribution is 5.98. The molecule has 0 spiro atoms. The number of carbonyl (C=O) groups is 1. The van der Waals surface area contributed by atoms with Crippen LogP contribution in [0.3, 0.4) is 0 Å². The number of nitro benzene ring substituents is 1. The van der Waals surface area contributed by atoms with Gasteiger partial charge in [-0.3, -0.25) is 19.8 Å². The van der Waals surface area contributed by atoms with Gasteiger partial charge in [-0.2, -0.15) is 5.10 Å². The molecule has 0 radical (unpaired) electrons. The third kappa shape index (κ3) is 5.60. The summed E-state index contributed by atoms with van der Waals surface area (Å²) in [5.41, 5.74) is 6.20. The molecule has 4 rings (SSSR count). The number of nitro groups is 1. The van der Waals surface area contributed by atoms with E-state index in [4.69, 9.17) is 14.2 Å². The Kier molecular flexibility index (Phi) is 8.22. The van der Waals surface area contributed by atoms with Crippen LogP contribution < -0.4 is 19.6 Å². The second kappa shape index (κ2) is 11.7. The van der Waals surface area contributed by atoms with Gasteiger partial charge in [0.05, 0.1) is 32.5 Å². The predicted molar refractivity (Wildman–Crippen MR) is 143 cm³/mol. The number of hydrogen-bond acceptors (Lipinski definition) is 8. The summed E-state index contributed by atoms with van der Waals surface area (Å²) >= 11 is 0. The zero-order chi connectivity index (χ0) is 27.2. The largest absolute Gasteiger partial charge is 0.496 e. The Morgan fingerprint density at radius 2 is 1.79 bits per heavy atom. The fraction of sp³-hybridized carbons (Fsp3) is 0.286. The van der Waals surface area contributed by atoms with Crippen LogP contribution in [0.5, 0.6) is 17.2 Å². The van der Waals surface area contributed by atoms with E-state index in [2.05, 4.69) is 28.4 Å². The van der Waals surface area contributed by atoms with Crippen LogP contribution in [-0.4, -0.2) is 49.8 Å². The number of hydrazone groups is 1. The second-order valence-corrected chi connectivity index (χ2v) is 8.85. The number of benzene rings is 3. The van der Waals surface area contributed by atoms with E-state index >= 15 is 0 Å². The van der Waals surface area contributed by atoms with Crippen molar-refractivity contribution in [1.82, 2.24) is 10.3 Å². The lowest BCUT2D eigenvalue weighted by Crippen LogP contribution is -2.33.